The van der Waals surface area contributed by atoms with Crippen LogP contribution in [0.4, 0.5) is 5.69 Å². The Hall–Kier alpha value is -1.80. The van der Waals surface area contributed by atoms with Crippen molar-refractivity contribution in [3.8, 4) is 0 Å². The highest BCUT2D eigenvalue weighted by atomic mass is 15.3. The zero-order valence-corrected chi connectivity index (χ0v) is 11.8. The molecule has 0 aromatic heterocycles. The van der Waals surface area contributed by atoms with Gasteiger partial charge in [0.25, 0.3) is 0 Å². The van der Waals surface area contributed by atoms with E-state index in [-0.39, 0.29) is 0 Å². The van der Waals surface area contributed by atoms with Gasteiger partial charge < -0.3 is 4.90 Å². The number of benzene rings is 2. The smallest absolute Gasteiger partial charge is 0.0373 e. The second-order valence-electron chi connectivity index (χ2n) is 5.33. The van der Waals surface area contributed by atoms with Gasteiger partial charge in [0.15, 0.2) is 0 Å². The van der Waals surface area contributed by atoms with Crippen molar-refractivity contribution in [2.24, 2.45) is 0 Å². The fourth-order valence-electron chi connectivity index (χ4n) is 2.74. The Balaban J connectivity index is 1.47. The first-order valence-corrected chi connectivity index (χ1v) is 7.39. The van der Waals surface area contributed by atoms with E-state index in [1.165, 1.54) is 17.8 Å². The first-order valence-electron chi connectivity index (χ1n) is 7.39. The highest BCUT2D eigenvalue weighted by Crippen LogP contribution is 2.15. The largest absolute Gasteiger partial charge is 0.369 e. The molecule has 1 aliphatic heterocycles. The van der Waals surface area contributed by atoms with Crippen molar-refractivity contribution < 1.29 is 0 Å². The van der Waals surface area contributed by atoms with E-state index in [1.54, 1.807) is 0 Å². The molecule has 1 saturated heterocycles. The molecule has 2 heteroatoms. The first-order chi connectivity index (χ1) is 9.92. The van der Waals surface area contributed by atoms with E-state index < -0.39 is 0 Å². The quantitative estimate of drug-likeness (QED) is 0.839. The molecule has 0 saturated carbocycles. The van der Waals surface area contributed by atoms with Crippen LogP contribution in [0.5, 0.6) is 0 Å². The molecule has 0 bridgehead atoms. The molecular formula is C18H21N2. The third-order valence-electron chi connectivity index (χ3n) is 3.99. The van der Waals surface area contributed by atoms with Crippen LogP contribution in [0.3, 0.4) is 0 Å². The summed E-state index contributed by atoms with van der Waals surface area (Å²) in [5.41, 5.74) is 2.74. The monoisotopic (exact) mass is 265 g/mol. The Morgan fingerprint density at radius 2 is 1.70 bits per heavy atom. The molecule has 0 amide bonds. The van der Waals surface area contributed by atoms with Gasteiger partial charge >= 0.3 is 0 Å². The maximum atomic E-state index is 3.16. The average Bonchev–Trinajstić information content (AvgIpc) is 2.55. The van der Waals surface area contributed by atoms with Gasteiger partial charge in [-0.25, -0.2) is 0 Å². The van der Waals surface area contributed by atoms with Gasteiger partial charge in [0.05, 0.1) is 0 Å². The summed E-state index contributed by atoms with van der Waals surface area (Å²) in [5.74, 6) is 0. The van der Waals surface area contributed by atoms with E-state index in [0.29, 0.717) is 0 Å². The van der Waals surface area contributed by atoms with Gasteiger partial charge in [-0.2, -0.15) is 0 Å². The minimum atomic E-state index is 1.12. The molecule has 0 N–H and O–H groups in total. The Morgan fingerprint density at radius 3 is 2.40 bits per heavy atom. The lowest BCUT2D eigenvalue weighted by atomic mass is 10.1. The molecule has 2 aromatic rings. The summed E-state index contributed by atoms with van der Waals surface area (Å²) in [4.78, 5) is 5.02. The summed E-state index contributed by atoms with van der Waals surface area (Å²) >= 11 is 0. The molecule has 0 spiro atoms. The molecule has 103 valence electrons. The number of anilines is 1. The van der Waals surface area contributed by atoms with Crippen molar-refractivity contribution in [2.45, 2.75) is 6.42 Å². The summed E-state index contributed by atoms with van der Waals surface area (Å²) < 4.78 is 0. The minimum absolute atomic E-state index is 1.12. The second kappa shape index (κ2) is 6.58. The number of rotatable bonds is 4. The molecule has 1 fully saturated rings. The van der Waals surface area contributed by atoms with E-state index in [0.717, 1.165) is 32.6 Å². The number of hydrogen-bond donors (Lipinski definition) is 0. The first kappa shape index (κ1) is 13.2. The molecule has 1 aliphatic rings. The van der Waals surface area contributed by atoms with Crippen LogP contribution >= 0.6 is 0 Å². The third kappa shape index (κ3) is 3.40. The van der Waals surface area contributed by atoms with Crippen LogP contribution < -0.4 is 4.90 Å². The zero-order valence-electron chi connectivity index (χ0n) is 11.8. The molecule has 2 aromatic carbocycles. The number of nitrogens with zero attached hydrogens (tertiary/aromatic N) is 2. The van der Waals surface area contributed by atoms with Crippen molar-refractivity contribution >= 4 is 5.69 Å². The van der Waals surface area contributed by atoms with Gasteiger partial charge in [0, 0.05) is 38.4 Å². The fraction of sp³-hybridized carbons (Fsp3) is 0.333. The standard InChI is InChI=1S/C18H21N2/c1-3-7-17(8-4-1)11-12-19-13-15-20(16-14-19)18-9-5-2-6-10-18/h1-5,7-10H,11-16H2. The van der Waals surface area contributed by atoms with Gasteiger partial charge in [-0.15, -0.1) is 0 Å². The predicted octanol–water partition coefficient (Wildman–Crippen LogP) is 2.85. The van der Waals surface area contributed by atoms with Crippen molar-refractivity contribution in [1.29, 1.82) is 0 Å². The van der Waals surface area contributed by atoms with E-state index in [1.807, 2.05) is 6.07 Å². The van der Waals surface area contributed by atoms with Gasteiger partial charge in [0.1, 0.15) is 0 Å². The van der Waals surface area contributed by atoms with Crippen LogP contribution in [0, 0.1) is 6.07 Å². The molecule has 1 radical (unpaired) electrons. The minimum Gasteiger partial charge on any atom is -0.369 e. The van der Waals surface area contributed by atoms with Crippen LogP contribution in [0.25, 0.3) is 0 Å². The lowest BCUT2D eigenvalue weighted by Crippen LogP contribution is -2.46. The summed E-state index contributed by atoms with van der Waals surface area (Å²) in [6.07, 6.45) is 1.15. The second-order valence-corrected chi connectivity index (χ2v) is 5.33. The molecule has 1 heterocycles. The summed E-state index contributed by atoms with van der Waals surface area (Å²) in [5, 5.41) is 0. The molecular weight excluding hydrogens is 244 g/mol. The maximum absolute atomic E-state index is 3.16. The average molecular weight is 265 g/mol. The molecule has 20 heavy (non-hydrogen) atoms. The summed E-state index contributed by atoms with van der Waals surface area (Å²) in [6.45, 7) is 5.71. The fourth-order valence-corrected chi connectivity index (χ4v) is 2.74. The maximum Gasteiger partial charge on any atom is 0.0373 e. The van der Waals surface area contributed by atoms with E-state index in [9.17, 15) is 0 Å². The molecule has 0 aliphatic carbocycles. The van der Waals surface area contributed by atoms with Gasteiger partial charge in [-0.05, 0) is 30.2 Å². The lowest BCUT2D eigenvalue weighted by Gasteiger charge is -2.36. The van der Waals surface area contributed by atoms with Crippen LogP contribution in [-0.4, -0.2) is 37.6 Å². The Kier molecular flexibility index (Phi) is 4.34. The normalized spacial score (nSPS) is 16.3. The highest BCUT2D eigenvalue weighted by molar-refractivity contribution is 5.45. The van der Waals surface area contributed by atoms with Crippen molar-refractivity contribution in [3.63, 3.8) is 0 Å². The SMILES string of the molecule is [c]1cccc(N2CCN(CCc3ccccc3)CC2)c1. The number of hydrogen-bond acceptors (Lipinski definition) is 2. The zero-order chi connectivity index (χ0) is 13.6. The Morgan fingerprint density at radius 1 is 0.900 bits per heavy atom. The predicted molar refractivity (Wildman–Crippen MR) is 84.1 cm³/mol. The van der Waals surface area contributed by atoms with Gasteiger partial charge in [-0.1, -0.05) is 42.5 Å². The molecule has 0 unspecified atom stereocenters. The lowest BCUT2D eigenvalue weighted by molar-refractivity contribution is 0.261. The van der Waals surface area contributed by atoms with Crippen molar-refractivity contribution in [2.75, 3.05) is 37.6 Å². The molecule has 2 nitrogen and oxygen atoms in total. The van der Waals surface area contributed by atoms with Crippen molar-refractivity contribution in [1.82, 2.24) is 4.90 Å². The summed E-state index contributed by atoms with van der Waals surface area (Å²) in [6, 6.07) is 22.2. The van der Waals surface area contributed by atoms with Gasteiger partial charge in [-0.3, -0.25) is 4.90 Å². The van der Waals surface area contributed by atoms with Crippen LogP contribution in [0.1, 0.15) is 5.56 Å². The van der Waals surface area contributed by atoms with Crippen LogP contribution in [0.15, 0.2) is 54.6 Å². The van der Waals surface area contributed by atoms with Crippen LogP contribution in [0.2, 0.25) is 0 Å². The van der Waals surface area contributed by atoms with E-state index >= 15 is 0 Å². The van der Waals surface area contributed by atoms with Crippen molar-refractivity contribution in [3.05, 3.63) is 66.2 Å². The Labute approximate surface area is 121 Å². The van der Waals surface area contributed by atoms with E-state index in [4.69, 9.17) is 0 Å². The molecule has 0 atom stereocenters. The summed E-state index contributed by atoms with van der Waals surface area (Å²) in [7, 11) is 0. The van der Waals surface area contributed by atoms with Crippen LogP contribution in [-0.2, 0) is 6.42 Å². The highest BCUT2D eigenvalue weighted by Gasteiger charge is 2.16. The number of piperazine rings is 1. The van der Waals surface area contributed by atoms with E-state index in [2.05, 4.69) is 64.4 Å². The topological polar surface area (TPSA) is 6.48 Å². The molecule has 3 rings (SSSR count). The third-order valence-corrected chi connectivity index (χ3v) is 3.99. The Bertz CT molecular complexity index is 501. The van der Waals surface area contributed by atoms with Gasteiger partial charge in [0.2, 0.25) is 0 Å².